The summed E-state index contributed by atoms with van der Waals surface area (Å²) < 4.78 is 12.6. The van der Waals surface area contributed by atoms with Gasteiger partial charge in [0.25, 0.3) is 0 Å². The maximum atomic E-state index is 12.6. The smallest absolute Gasteiger partial charge is 0.190 e. The van der Waals surface area contributed by atoms with Crippen LogP contribution in [0.2, 0.25) is 0 Å². The number of nitrogens with zero attached hydrogens (tertiary/aromatic N) is 1. The van der Waals surface area contributed by atoms with Gasteiger partial charge in [0.05, 0.1) is 5.56 Å². The van der Waals surface area contributed by atoms with Gasteiger partial charge in [-0.15, -0.1) is 0 Å². The summed E-state index contributed by atoms with van der Waals surface area (Å²) in [5.74, 6) is -1.27. The third kappa shape index (κ3) is 3.09. The van der Waals surface area contributed by atoms with Gasteiger partial charge < -0.3 is 10.0 Å². The molecule has 0 aliphatic heterocycles. The van der Waals surface area contributed by atoms with Crippen LogP contribution in [0.25, 0.3) is 0 Å². The number of hydrogen-bond acceptors (Lipinski definition) is 3. The van der Waals surface area contributed by atoms with Crippen LogP contribution in [0.1, 0.15) is 10.4 Å². The Labute approximate surface area is 87.4 Å². The van der Waals surface area contributed by atoms with E-state index in [1.807, 2.05) is 0 Å². The van der Waals surface area contributed by atoms with Crippen molar-refractivity contribution in [1.29, 1.82) is 0 Å². The molecule has 0 atom stereocenters. The van der Waals surface area contributed by atoms with E-state index >= 15 is 0 Å². The highest BCUT2D eigenvalue weighted by atomic mass is 19.1. The molecule has 80 valence electrons. The number of carbonyl (C=O) groups is 1. The third-order valence-corrected chi connectivity index (χ3v) is 1.75. The van der Waals surface area contributed by atoms with Crippen molar-refractivity contribution in [3.8, 4) is 5.75 Å². The molecule has 0 heterocycles. The van der Waals surface area contributed by atoms with Gasteiger partial charge in [-0.1, -0.05) is 0 Å². The van der Waals surface area contributed by atoms with Crippen molar-refractivity contribution in [2.75, 3.05) is 14.1 Å². The monoisotopic (exact) mass is 209 g/mol. The van der Waals surface area contributed by atoms with Crippen molar-refractivity contribution < 1.29 is 14.3 Å². The Morgan fingerprint density at radius 1 is 1.47 bits per heavy atom. The average Bonchev–Trinajstić information content (AvgIpc) is 2.14. The number of aromatic hydroxyl groups is 1. The summed E-state index contributed by atoms with van der Waals surface area (Å²) in [4.78, 5) is 13.2. The minimum atomic E-state index is -0.569. The molecule has 0 spiro atoms. The predicted octanol–water partition coefficient (Wildman–Crippen LogP) is 1.79. The molecule has 0 aromatic heterocycles. The molecule has 1 rings (SSSR count). The fourth-order valence-corrected chi connectivity index (χ4v) is 1.02. The van der Waals surface area contributed by atoms with Crippen LogP contribution >= 0.6 is 0 Å². The highest BCUT2D eigenvalue weighted by Crippen LogP contribution is 2.18. The largest absolute Gasteiger partial charge is 0.507 e. The van der Waals surface area contributed by atoms with Gasteiger partial charge in [-0.2, -0.15) is 0 Å². The molecule has 0 aliphatic rings. The number of ketones is 1. The maximum Gasteiger partial charge on any atom is 0.190 e. The summed E-state index contributed by atoms with van der Waals surface area (Å²) in [6, 6.07) is 3.31. The lowest BCUT2D eigenvalue weighted by molar-refractivity contribution is 0.104. The zero-order valence-electron chi connectivity index (χ0n) is 8.57. The van der Waals surface area contributed by atoms with Crippen molar-refractivity contribution in [1.82, 2.24) is 4.90 Å². The van der Waals surface area contributed by atoms with E-state index in [1.54, 1.807) is 25.2 Å². The summed E-state index contributed by atoms with van der Waals surface area (Å²) in [7, 11) is 3.54. The lowest BCUT2D eigenvalue weighted by Gasteiger charge is -2.03. The summed E-state index contributed by atoms with van der Waals surface area (Å²) in [6.07, 6.45) is 2.87. The van der Waals surface area contributed by atoms with E-state index in [9.17, 15) is 14.3 Å². The van der Waals surface area contributed by atoms with Crippen LogP contribution in [0.3, 0.4) is 0 Å². The lowest BCUT2D eigenvalue weighted by atomic mass is 10.1. The van der Waals surface area contributed by atoms with Crippen LogP contribution < -0.4 is 0 Å². The van der Waals surface area contributed by atoms with Crippen LogP contribution in [0.4, 0.5) is 4.39 Å². The van der Waals surface area contributed by atoms with Gasteiger partial charge in [0.15, 0.2) is 5.78 Å². The number of phenols is 1. The van der Waals surface area contributed by atoms with Gasteiger partial charge in [-0.05, 0) is 12.1 Å². The number of hydrogen-bond donors (Lipinski definition) is 1. The van der Waals surface area contributed by atoms with Crippen LogP contribution in [0.5, 0.6) is 5.75 Å². The SMILES string of the molecule is CN(C)/C=C\C(=O)c1ccc(F)cc1O. The van der Waals surface area contributed by atoms with Gasteiger partial charge in [0, 0.05) is 32.4 Å². The molecule has 1 aromatic carbocycles. The van der Waals surface area contributed by atoms with Crippen LogP contribution in [-0.4, -0.2) is 29.9 Å². The Kier molecular flexibility index (Phi) is 3.44. The first kappa shape index (κ1) is 11.2. The number of halogens is 1. The first-order valence-corrected chi connectivity index (χ1v) is 4.38. The Hall–Kier alpha value is -1.84. The molecule has 1 N–H and O–H groups in total. The number of allylic oxidation sites excluding steroid dienone is 1. The van der Waals surface area contributed by atoms with E-state index in [0.717, 1.165) is 12.1 Å². The topological polar surface area (TPSA) is 40.5 Å². The van der Waals surface area contributed by atoms with Gasteiger partial charge in [-0.3, -0.25) is 4.79 Å². The second kappa shape index (κ2) is 4.59. The fourth-order valence-electron chi connectivity index (χ4n) is 1.02. The fraction of sp³-hybridized carbons (Fsp3) is 0.182. The van der Waals surface area contributed by atoms with Crippen molar-refractivity contribution in [2.45, 2.75) is 0 Å². The second-order valence-corrected chi connectivity index (χ2v) is 3.31. The maximum absolute atomic E-state index is 12.6. The molecule has 0 bridgehead atoms. The molecule has 0 amide bonds. The molecule has 0 saturated carbocycles. The van der Waals surface area contributed by atoms with Crippen molar-refractivity contribution in [3.63, 3.8) is 0 Å². The van der Waals surface area contributed by atoms with Crippen molar-refractivity contribution >= 4 is 5.78 Å². The van der Waals surface area contributed by atoms with Crippen LogP contribution in [-0.2, 0) is 0 Å². The van der Waals surface area contributed by atoms with Gasteiger partial charge in [-0.25, -0.2) is 4.39 Å². The molecule has 4 heteroatoms. The number of rotatable bonds is 3. The molecule has 0 saturated heterocycles. The quantitative estimate of drug-likeness (QED) is 0.609. The molecule has 3 nitrogen and oxygen atoms in total. The van der Waals surface area contributed by atoms with E-state index in [4.69, 9.17) is 0 Å². The normalized spacial score (nSPS) is 10.6. The number of benzene rings is 1. The number of phenolic OH excluding ortho intramolecular Hbond substituents is 1. The van der Waals surface area contributed by atoms with Crippen molar-refractivity contribution in [3.05, 3.63) is 41.9 Å². The molecule has 15 heavy (non-hydrogen) atoms. The van der Waals surface area contributed by atoms with Crippen LogP contribution in [0, 0.1) is 5.82 Å². The Morgan fingerprint density at radius 3 is 2.67 bits per heavy atom. The van der Waals surface area contributed by atoms with Gasteiger partial charge in [0.2, 0.25) is 0 Å². The van der Waals surface area contributed by atoms with Gasteiger partial charge >= 0.3 is 0 Å². The minimum absolute atomic E-state index is 0.0921. The second-order valence-electron chi connectivity index (χ2n) is 3.31. The molecule has 0 aliphatic carbocycles. The van der Waals surface area contributed by atoms with E-state index in [2.05, 4.69) is 0 Å². The standard InChI is InChI=1S/C11H12FNO2/c1-13(2)6-5-10(14)9-4-3-8(12)7-11(9)15/h3-7,15H,1-2H3/b6-5-. The molecular formula is C11H12FNO2. The first-order valence-electron chi connectivity index (χ1n) is 4.38. The highest BCUT2D eigenvalue weighted by molar-refractivity contribution is 6.06. The van der Waals surface area contributed by atoms with Gasteiger partial charge in [0.1, 0.15) is 11.6 Å². The molecule has 0 fully saturated rings. The van der Waals surface area contributed by atoms with E-state index in [0.29, 0.717) is 0 Å². The first-order chi connectivity index (χ1) is 7.00. The minimum Gasteiger partial charge on any atom is -0.507 e. The molecule has 0 unspecified atom stereocenters. The van der Waals surface area contributed by atoms with E-state index in [1.165, 1.54) is 12.1 Å². The predicted molar refractivity (Wildman–Crippen MR) is 55.2 cm³/mol. The Morgan fingerprint density at radius 2 is 2.13 bits per heavy atom. The highest BCUT2D eigenvalue weighted by Gasteiger charge is 2.08. The molecular weight excluding hydrogens is 197 g/mol. The summed E-state index contributed by atoms with van der Waals surface area (Å²) >= 11 is 0. The summed E-state index contributed by atoms with van der Waals surface area (Å²) in [5.41, 5.74) is 0.0921. The number of carbonyl (C=O) groups excluding carboxylic acids is 1. The Bertz CT molecular complexity index is 400. The average molecular weight is 209 g/mol. The lowest BCUT2D eigenvalue weighted by Crippen LogP contribution is -2.03. The summed E-state index contributed by atoms with van der Waals surface area (Å²) in [6.45, 7) is 0. The molecule has 0 radical (unpaired) electrons. The van der Waals surface area contributed by atoms with E-state index in [-0.39, 0.29) is 17.1 Å². The van der Waals surface area contributed by atoms with E-state index < -0.39 is 5.82 Å². The summed E-state index contributed by atoms with van der Waals surface area (Å²) in [5, 5.41) is 9.32. The Balaban J connectivity index is 2.92. The zero-order valence-corrected chi connectivity index (χ0v) is 8.57. The van der Waals surface area contributed by atoms with Crippen molar-refractivity contribution in [2.24, 2.45) is 0 Å². The third-order valence-electron chi connectivity index (χ3n) is 1.75. The van der Waals surface area contributed by atoms with Crippen LogP contribution in [0.15, 0.2) is 30.5 Å². The molecule has 1 aromatic rings. The zero-order chi connectivity index (χ0) is 11.4.